The van der Waals surface area contributed by atoms with Crippen LogP contribution in [0.5, 0.6) is 0 Å². The molecule has 1 aliphatic heterocycles. The zero-order valence-corrected chi connectivity index (χ0v) is 18.2. The van der Waals surface area contributed by atoms with Gasteiger partial charge >= 0.3 is 0 Å². The van der Waals surface area contributed by atoms with Gasteiger partial charge in [0.1, 0.15) is 0 Å². The average molecular weight is 420 g/mol. The van der Waals surface area contributed by atoms with Crippen molar-refractivity contribution in [2.24, 2.45) is 0 Å². The summed E-state index contributed by atoms with van der Waals surface area (Å²) in [6.07, 6.45) is 0. The number of hydrogen-bond acceptors (Lipinski definition) is 4. The van der Waals surface area contributed by atoms with Gasteiger partial charge in [-0.25, -0.2) is 0 Å². The lowest BCUT2D eigenvalue weighted by atomic mass is 9.98. The third kappa shape index (κ3) is 5.17. The molecule has 0 spiro atoms. The van der Waals surface area contributed by atoms with Crippen LogP contribution in [-0.4, -0.2) is 47.9 Å². The molecule has 5 heteroatoms. The predicted octanol–water partition coefficient (Wildman–Crippen LogP) is 4.16. The van der Waals surface area contributed by atoms with Gasteiger partial charge in [0.15, 0.2) is 0 Å². The summed E-state index contributed by atoms with van der Waals surface area (Å²) in [4.78, 5) is 19.4. The van der Waals surface area contributed by atoms with Crippen molar-refractivity contribution in [2.45, 2.75) is 25.6 Å². The maximum atomic E-state index is 13.2. The summed E-state index contributed by atoms with van der Waals surface area (Å²) >= 11 is 1.81. The molecule has 2 heterocycles. The van der Waals surface area contributed by atoms with E-state index in [0.717, 1.165) is 43.9 Å². The largest absolute Gasteiger partial charge is 0.344 e. The van der Waals surface area contributed by atoms with E-state index in [1.165, 1.54) is 4.88 Å². The lowest BCUT2D eigenvalue weighted by molar-refractivity contribution is -0.127. The molecule has 1 N–H and O–H groups in total. The topological polar surface area (TPSA) is 35.6 Å². The molecule has 4 nitrogen and oxygen atoms in total. The van der Waals surface area contributed by atoms with Gasteiger partial charge in [-0.2, -0.15) is 0 Å². The summed E-state index contributed by atoms with van der Waals surface area (Å²) in [6.45, 7) is 6.86. The summed E-state index contributed by atoms with van der Waals surface area (Å²) < 4.78 is 0. The molecule has 4 rings (SSSR count). The van der Waals surface area contributed by atoms with E-state index >= 15 is 0 Å². The van der Waals surface area contributed by atoms with Crippen LogP contribution in [0, 0.1) is 0 Å². The number of nitrogens with zero attached hydrogens (tertiary/aromatic N) is 2. The van der Waals surface area contributed by atoms with Crippen molar-refractivity contribution >= 4 is 17.2 Å². The minimum Gasteiger partial charge on any atom is -0.344 e. The molecule has 2 aromatic carbocycles. The van der Waals surface area contributed by atoms with Crippen LogP contribution in [-0.2, 0) is 11.3 Å². The molecule has 3 aromatic rings. The van der Waals surface area contributed by atoms with Gasteiger partial charge in [-0.15, -0.1) is 11.3 Å². The van der Waals surface area contributed by atoms with Gasteiger partial charge in [0.05, 0.1) is 12.1 Å². The lowest BCUT2D eigenvalue weighted by Gasteiger charge is -2.37. The first-order valence-corrected chi connectivity index (χ1v) is 11.5. The van der Waals surface area contributed by atoms with Crippen molar-refractivity contribution in [3.8, 4) is 0 Å². The first-order valence-electron chi connectivity index (χ1n) is 10.6. The maximum Gasteiger partial charge on any atom is 0.237 e. The molecular formula is C25H29N3OS. The van der Waals surface area contributed by atoms with E-state index in [2.05, 4.69) is 56.9 Å². The Morgan fingerprint density at radius 1 is 0.900 bits per heavy atom. The second kappa shape index (κ2) is 10.0. The van der Waals surface area contributed by atoms with Crippen LogP contribution in [0.1, 0.15) is 29.0 Å². The van der Waals surface area contributed by atoms with Gasteiger partial charge in [-0.05, 0) is 29.5 Å². The van der Waals surface area contributed by atoms with Crippen molar-refractivity contribution in [2.75, 3.05) is 26.2 Å². The maximum absolute atomic E-state index is 13.2. The van der Waals surface area contributed by atoms with Crippen molar-refractivity contribution in [3.05, 3.63) is 94.2 Å². The minimum absolute atomic E-state index is 0.0828. The van der Waals surface area contributed by atoms with Gasteiger partial charge in [0.2, 0.25) is 5.91 Å². The Hall–Kier alpha value is -2.47. The quantitative estimate of drug-likeness (QED) is 0.625. The Morgan fingerprint density at radius 3 is 2.03 bits per heavy atom. The number of hydrogen-bond donors (Lipinski definition) is 1. The summed E-state index contributed by atoms with van der Waals surface area (Å²) in [6, 6.07) is 24.4. The molecule has 1 aliphatic rings. The molecule has 30 heavy (non-hydrogen) atoms. The molecule has 1 fully saturated rings. The molecule has 0 saturated carbocycles. The van der Waals surface area contributed by atoms with Gasteiger partial charge in [-0.1, -0.05) is 66.7 Å². The molecule has 0 aliphatic carbocycles. The summed E-state index contributed by atoms with van der Waals surface area (Å²) in [5, 5.41) is 5.43. The Morgan fingerprint density at radius 2 is 1.50 bits per heavy atom. The summed E-state index contributed by atoms with van der Waals surface area (Å²) in [5.74, 6) is 0.0828. The second-order valence-electron chi connectivity index (χ2n) is 7.83. The van der Waals surface area contributed by atoms with E-state index in [-0.39, 0.29) is 18.0 Å². The van der Waals surface area contributed by atoms with Crippen LogP contribution in [0.3, 0.4) is 0 Å². The molecule has 156 valence electrons. The Kier molecular flexibility index (Phi) is 6.95. The standard InChI is InChI=1S/C25H29N3OS/c1-20(28-16-14-27(15-17-28)19-23-13-8-18-30-23)25(29)26-24(21-9-4-2-5-10-21)22-11-6-3-7-12-22/h2-13,18,20,24H,14-17,19H2,1H3,(H,26,29)/t20-/m1/s1. The first-order chi connectivity index (χ1) is 14.7. The van der Waals surface area contributed by atoms with Crippen LogP contribution < -0.4 is 5.32 Å². The first kappa shape index (κ1) is 20.8. The van der Waals surface area contributed by atoms with Gasteiger partial charge < -0.3 is 5.32 Å². The Balaban J connectivity index is 1.38. The van der Waals surface area contributed by atoms with E-state index in [0.29, 0.717) is 0 Å². The summed E-state index contributed by atoms with van der Waals surface area (Å²) in [5.41, 5.74) is 2.20. The highest BCUT2D eigenvalue weighted by Crippen LogP contribution is 2.22. The van der Waals surface area contributed by atoms with Crippen LogP contribution >= 0.6 is 11.3 Å². The molecule has 0 radical (unpaired) electrons. The van der Waals surface area contributed by atoms with E-state index in [1.54, 1.807) is 0 Å². The number of rotatable bonds is 7. The van der Waals surface area contributed by atoms with Gasteiger partial charge in [0.25, 0.3) is 0 Å². The van der Waals surface area contributed by atoms with Crippen LogP contribution in [0.4, 0.5) is 0 Å². The van der Waals surface area contributed by atoms with Crippen LogP contribution in [0.2, 0.25) is 0 Å². The molecule has 0 bridgehead atoms. The Labute approximate surface area is 183 Å². The van der Waals surface area contributed by atoms with Crippen molar-refractivity contribution in [1.29, 1.82) is 0 Å². The molecule has 1 amide bonds. The van der Waals surface area contributed by atoms with Gasteiger partial charge in [-0.3, -0.25) is 14.6 Å². The second-order valence-corrected chi connectivity index (χ2v) is 8.86. The van der Waals surface area contributed by atoms with E-state index < -0.39 is 0 Å². The third-order valence-electron chi connectivity index (χ3n) is 5.85. The predicted molar refractivity (Wildman–Crippen MR) is 124 cm³/mol. The minimum atomic E-state index is -0.149. The highest BCUT2D eigenvalue weighted by Gasteiger charge is 2.27. The number of carbonyl (C=O) groups excluding carboxylic acids is 1. The molecule has 1 saturated heterocycles. The highest BCUT2D eigenvalue weighted by molar-refractivity contribution is 7.09. The van der Waals surface area contributed by atoms with Crippen molar-refractivity contribution < 1.29 is 4.79 Å². The van der Waals surface area contributed by atoms with E-state index in [9.17, 15) is 4.79 Å². The van der Waals surface area contributed by atoms with E-state index in [4.69, 9.17) is 0 Å². The van der Waals surface area contributed by atoms with Crippen molar-refractivity contribution in [1.82, 2.24) is 15.1 Å². The van der Waals surface area contributed by atoms with Gasteiger partial charge in [0, 0.05) is 37.6 Å². The average Bonchev–Trinajstić information content (AvgIpc) is 3.31. The smallest absolute Gasteiger partial charge is 0.237 e. The van der Waals surface area contributed by atoms with E-state index in [1.807, 2.05) is 54.7 Å². The number of thiophene rings is 1. The number of nitrogens with one attached hydrogen (secondary N) is 1. The number of benzene rings is 2. The zero-order chi connectivity index (χ0) is 20.8. The monoisotopic (exact) mass is 419 g/mol. The number of amides is 1. The highest BCUT2D eigenvalue weighted by atomic mass is 32.1. The lowest BCUT2D eigenvalue weighted by Crippen LogP contribution is -2.54. The molecule has 1 atom stereocenters. The molecule has 1 aromatic heterocycles. The Bertz CT molecular complexity index is 867. The van der Waals surface area contributed by atoms with Crippen LogP contribution in [0.25, 0.3) is 0 Å². The number of piperazine rings is 1. The fourth-order valence-electron chi connectivity index (χ4n) is 4.01. The fourth-order valence-corrected chi connectivity index (χ4v) is 4.76. The molecule has 0 unspecified atom stereocenters. The fraction of sp³-hybridized carbons (Fsp3) is 0.320. The normalized spacial score (nSPS) is 16.5. The summed E-state index contributed by atoms with van der Waals surface area (Å²) in [7, 11) is 0. The molecular weight excluding hydrogens is 390 g/mol. The van der Waals surface area contributed by atoms with Crippen LogP contribution in [0.15, 0.2) is 78.2 Å². The number of carbonyl (C=O) groups is 1. The van der Waals surface area contributed by atoms with Crippen molar-refractivity contribution in [3.63, 3.8) is 0 Å². The SMILES string of the molecule is C[C@H](C(=O)NC(c1ccccc1)c1ccccc1)N1CCN(Cc2cccs2)CC1. The zero-order valence-electron chi connectivity index (χ0n) is 17.4. The third-order valence-corrected chi connectivity index (χ3v) is 6.71.